The van der Waals surface area contributed by atoms with Gasteiger partial charge < -0.3 is 5.73 Å². The molecule has 0 bridgehead atoms. The van der Waals surface area contributed by atoms with Gasteiger partial charge in [0.25, 0.3) is 0 Å². The Labute approximate surface area is 104 Å². The third-order valence-electron chi connectivity index (χ3n) is 2.13. The van der Waals surface area contributed by atoms with Crippen LogP contribution < -0.4 is 11.1 Å². The lowest BCUT2D eigenvalue weighted by atomic mass is 10.3. The van der Waals surface area contributed by atoms with Crippen LogP contribution in [0.15, 0.2) is 0 Å². The van der Waals surface area contributed by atoms with Gasteiger partial charge in [0.15, 0.2) is 0 Å². The maximum atomic E-state index is 12.2. The molecule has 3 N–H and O–H groups in total. The van der Waals surface area contributed by atoms with Gasteiger partial charge in [0.05, 0.1) is 5.54 Å². The molecular weight excluding hydrogens is 281 g/mol. The predicted molar refractivity (Wildman–Crippen MR) is 56.9 cm³/mol. The maximum Gasteiger partial charge on any atom is 0.445 e. The number of alkyl halides is 3. The Morgan fingerprint density at radius 2 is 2.00 bits per heavy atom. The summed E-state index contributed by atoms with van der Waals surface area (Å²) in [6.45, 7) is 0. The summed E-state index contributed by atoms with van der Waals surface area (Å²) in [6.07, 6.45) is -3.48. The van der Waals surface area contributed by atoms with E-state index in [-0.39, 0.29) is 28.9 Å². The number of nitrogens with zero attached hydrogens (tertiary/aromatic N) is 2. The molecule has 1 fully saturated rings. The number of rotatable bonds is 2. The minimum absolute atomic E-state index is 0. The van der Waals surface area contributed by atoms with E-state index in [9.17, 15) is 18.0 Å². The van der Waals surface area contributed by atoms with Crippen molar-refractivity contribution in [2.24, 2.45) is 5.73 Å². The van der Waals surface area contributed by atoms with E-state index >= 15 is 0 Å². The topological polar surface area (TPSA) is 80.9 Å². The van der Waals surface area contributed by atoms with Crippen molar-refractivity contribution >= 4 is 34.8 Å². The van der Waals surface area contributed by atoms with Crippen LogP contribution in [0.3, 0.4) is 0 Å². The van der Waals surface area contributed by atoms with Crippen LogP contribution in [0.1, 0.15) is 17.8 Å². The fraction of sp³-hybridized carbons (Fsp3) is 0.571. The number of carbonyl (C=O) groups is 1. The Kier molecular flexibility index (Phi) is 3.65. The molecule has 0 atom stereocenters. The molecular formula is C7H8ClF3N4OS. The Bertz CT molecular complexity index is 431. The minimum Gasteiger partial charge on any atom is -0.317 e. The number of amides is 1. The first-order valence-corrected chi connectivity index (χ1v) is 5.14. The van der Waals surface area contributed by atoms with E-state index in [1.807, 2.05) is 0 Å². The molecule has 1 aromatic heterocycles. The summed E-state index contributed by atoms with van der Waals surface area (Å²) < 4.78 is 36.5. The number of aromatic nitrogens is 2. The van der Waals surface area contributed by atoms with Gasteiger partial charge in [-0.15, -0.1) is 22.6 Å². The summed E-state index contributed by atoms with van der Waals surface area (Å²) in [6, 6.07) is 0. The zero-order valence-electron chi connectivity index (χ0n) is 8.24. The summed E-state index contributed by atoms with van der Waals surface area (Å²) in [5.41, 5.74) is 4.61. The third kappa shape index (κ3) is 3.05. The quantitative estimate of drug-likeness (QED) is 0.862. The molecule has 1 saturated carbocycles. The fourth-order valence-corrected chi connectivity index (χ4v) is 1.58. The molecule has 0 aromatic carbocycles. The fourth-order valence-electron chi connectivity index (χ4n) is 0.972. The van der Waals surface area contributed by atoms with E-state index in [2.05, 4.69) is 15.5 Å². The van der Waals surface area contributed by atoms with Gasteiger partial charge in [-0.25, -0.2) is 0 Å². The van der Waals surface area contributed by atoms with E-state index in [1.165, 1.54) is 0 Å². The molecule has 1 aliphatic carbocycles. The molecule has 2 rings (SSSR count). The van der Waals surface area contributed by atoms with Gasteiger partial charge in [0, 0.05) is 0 Å². The van der Waals surface area contributed by atoms with Crippen molar-refractivity contribution < 1.29 is 18.0 Å². The molecule has 1 amide bonds. The average molecular weight is 289 g/mol. The predicted octanol–water partition coefficient (Wildman–Crippen LogP) is 1.41. The van der Waals surface area contributed by atoms with Crippen LogP contribution in [-0.4, -0.2) is 21.6 Å². The van der Waals surface area contributed by atoms with Crippen LogP contribution in [0.5, 0.6) is 0 Å². The second kappa shape index (κ2) is 4.39. The number of hydrogen-bond acceptors (Lipinski definition) is 5. The van der Waals surface area contributed by atoms with E-state index in [1.54, 1.807) is 0 Å². The normalized spacial score (nSPS) is 17.2. The van der Waals surface area contributed by atoms with Gasteiger partial charge in [0.2, 0.25) is 16.0 Å². The average Bonchev–Trinajstić information content (AvgIpc) is 2.75. The van der Waals surface area contributed by atoms with Crippen LogP contribution in [0.2, 0.25) is 0 Å². The lowest BCUT2D eigenvalue weighted by Crippen LogP contribution is -2.37. The Morgan fingerprint density at radius 1 is 1.41 bits per heavy atom. The third-order valence-corrected chi connectivity index (χ3v) is 3.01. The molecule has 5 nitrogen and oxygen atoms in total. The Balaban J connectivity index is 0.00000144. The summed E-state index contributed by atoms with van der Waals surface area (Å²) in [5, 5.41) is 7.09. The highest BCUT2D eigenvalue weighted by Crippen LogP contribution is 2.35. The number of anilines is 1. The van der Waals surface area contributed by atoms with Gasteiger partial charge in [-0.1, -0.05) is 11.3 Å². The van der Waals surface area contributed by atoms with Crippen molar-refractivity contribution in [1.82, 2.24) is 10.2 Å². The van der Waals surface area contributed by atoms with Crippen LogP contribution >= 0.6 is 23.7 Å². The number of halogens is 4. The van der Waals surface area contributed by atoms with Crippen LogP contribution in [0.4, 0.5) is 18.3 Å². The highest BCUT2D eigenvalue weighted by Gasteiger charge is 2.46. The van der Waals surface area contributed by atoms with E-state index in [0.717, 1.165) is 0 Å². The second-order valence-corrected chi connectivity index (χ2v) is 4.50. The van der Waals surface area contributed by atoms with Crippen molar-refractivity contribution in [1.29, 1.82) is 0 Å². The van der Waals surface area contributed by atoms with Gasteiger partial charge in [-0.05, 0) is 12.8 Å². The molecule has 0 aliphatic heterocycles. The van der Waals surface area contributed by atoms with Crippen molar-refractivity contribution in [2.45, 2.75) is 24.6 Å². The molecule has 17 heavy (non-hydrogen) atoms. The molecule has 96 valence electrons. The molecule has 1 aliphatic rings. The summed E-state index contributed by atoms with van der Waals surface area (Å²) in [7, 11) is 0. The largest absolute Gasteiger partial charge is 0.445 e. The molecule has 1 heterocycles. The zero-order valence-corrected chi connectivity index (χ0v) is 9.88. The summed E-state index contributed by atoms with van der Waals surface area (Å²) in [4.78, 5) is 11.4. The van der Waals surface area contributed by atoms with Gasteiger partial charge >= 0.3 is 6.18 Å². The van der Waals surface area contributed by atoms with Crippen molar-refractivity contribution in [3.05, 3.63) is 5.01 Å². The lowest BCUT2D eigenvalue weighted by molar-refractivity contribution is -0.138. The van der Waals surface area contributed by atoms with E-state index in [0.29, 0.717) is 12.8 Å². The number of hydrogen-bond donors (Lipinski definition) is 2. The number of nitrogens with two attached hydrogens (primary N) is 1. The van der Waals surface area contributed by atoms with Crippen LogP contribution in [0.25, 0.3) is 0 Å². The summed E-state index contributed by atoms with van der Waals surface area (Å²) >= 11 is 0.277. The van der Waals surface area contributed by atoms with Gasteiger partial charge in [0.1, 0.15) is 0 Å². The zero-order chi connectivity index (χ0) is 12.0. The highest BCUT2D eigenvalue weighted by molar-refractivity contribution is 7.15. The Morgan fingerprint density at radius 3 is 2.41 bits per heavy atom. The lowest BCUT2D eigenvalue weighted by Gasteiger charge is -2.06. The summed E-state index contributed by atoms with van der Waals surface area (Å²) in [5.74, 6) is -0.516. The minimum atomic E-state index is -4.54. The second-order valence-electron chi connectivity index (χ2n) is 3.52. The maximum absolute atomic E-state index is 12.2. The molecule has 0 saturated heterocycles. The molecule has 0 radical (unpaired) electrons. The van der Waals surface area contributed by atoms with Crippen molar-refractivity contribution in [3.8, 4) is 0 Å². The SMILES string of the molecule is Cl.NC1(C(=O)Nc2nnc(C(F)(F)F)s2)CC1. The van der Waals surface area contributed by atoms with Gasteiger partial charge in [-0.3, -0.25) is 10.1 Å². The number of nitrogens with one attached hydrogen (secondary N) is 1. The van der Waals surface area contributed by atoms with Crippen molar-refractivity contribution in [2.75, 3.05) is 5.32 Å². The first kappa shape index (κ1) is 14.1. The van der Waals surface area contributed by atoms with Gasteiger partial charge in [-0.2, -0.15) is 13.2 Å². The first-order valence-electron chi connectivity index (χ1n) is 4.32. The van der Waals surface area contributed by atoms with Crippen LogP contribution in [-0.2, 0) is 11.0 Å². The van der Waals surface area contributed by atoms with Crippen LogP contribution in [0, 0.1) is 0 Å². The Hall–Kier alpha value is -0.930. The molecule has 10 heteroatoms. The monoisotopic (exact) mass is 288 g/mol. The highest BCUT2D eigenvalue weighted by atomic mass is 35.5. The molecule has 0 spiro atoms. The van der Waals surface area contributed by atoms with E-state index in [4.69, 9.17) is 5.73 Å². The number of carbonyl (C=O) groups excluding carboxylic acids is 1. The van der Waals surface area contributed by atoms with Crippen molar-refractivity contribution in [3.63, 3.8) is 0 Å². The molecule has 1 aromatic rings. The van der Waals surface area contributed by atoms with E-state index < -0.39 is 22.6 Å². The standard InChI is InChI=1S/C7H7F3N4OS.ClH/c8-7(9,10)4-13-14-5(16-4)12-3(15)6(11)1-2-6;/h1-2,11H2,(H,12,14,15);1H. The smallest absolute Gasteiger partial charge is 0.317 e. The first-order chi connectivity index (χ1) is 7.31. The molecule has 0 unspecified atom stereocenters.